The molecule has 2 aromatic heterocycles. The van der Waals surface area contributed by atoms with Gasteiger partial charge in [0.1, 0.15) is 5.69 Å². The van der Waals surface area contributed by atoms with Crippen molar-refractivity contribution in [3.8, 4) is 0 Å². The number of amides is 2. The van der Waals surface area contributed by atoms with Gasteiger partial charge in [-0.05, 0) is 37.8 Å². The summed E-state index contributed by atoms with van der Waals surface area (Å²) >= 11 is 0. The number of hydrogen-bond donors (Lipinski definition) is 0. The van der Waals surface area contributed by atoms with Crippen molar-refractivity contribution in [2.24, 2.45) is 14.1 Å². The summed E-state index contributed by atoms with van der Waals surface area (Å²) in [4.78, 5) is 29.5. The number of carbonyl (C=O) groups excluding carboxylic acids is 2. The summed E-state index contributed by atoms with van der Waals surface area (Å²) in [6.45, 7) is 3.41. The lowest BCUT2D eigenvalue weighted by atomic mass is 9.83. The molecular weight excluding hydrogens is 382 g/mol. The normalized spacial score (nSPS) is 20.6. The Labute approximate surface area is 176 Å². The summed E-state index contributed by atoms with van der Waals surface area (Å²) < 4.78 is 10.1. The zero-order valence-corrected chi connectivity index (χ0v) is 17.8. The summed E-state index contributed by atoms with van der Waals surface area (Å²) in [5.41, 5.74) is 3.04. The Bertz CT molecular complexity index is 977. The number of likely N-dealkylation sites (tertiary alicyclic amines) is 2. The monoisotopic (exact) mass is 411 g/mol. The van der Waals surface area contributed by atoms with Gasteiger partial charge in [0.15, 0.2) is 5.69 Å². The second-order valence-corrected chi connectivity index (χ2v) is 8.84. The highest BCUT2D eigenvalue weighted by Gasteiger charge is 2.43. The van der Waals surface area contributed by atoms with E-state index in [0.29, 0.717) is 25.4 Å². The minimum Gasteiger partial charge on any atom is -0.370 e. The quantitative estimate of drug-likeness (QED) is 0.755. The van der Waals surface area contributed by atoms with Crippen LogP contribution in [0, 0.1) is 0 Å². The zero-order valence-electron chi connectivity index (χ0n) is 17.8. The second kappa shape index (κ2) is 7.27. The summed E-state index contributed by atoms with van der Waals surface area (Å²) in [7, 11) is 3.82. The first kappa shape index (κ1) is 19.4. The van der Waals surface area contributed by atoms with Gasteiger partial charge in [0.2, 0.25) is 0 Å². The zero-order chi connectivity index (χ0) is 20.9. The number of aryl methyl sites for hydroxylation is 2. The summed E-state index contributed by atoms with van der Waals surface area (Å²) in [6.07, 6.45) is 6.36. The molecule has 2 aromatic rings. The predicted octanol–water partition coefficient (Wildman–Crippen LogP) is 1.74. The maximum Gasteiger partial charge on any atom is 0.274 e. The van der Waals surface area contributed by atoms with Crippen molar-refractivity contribution in [3.63, 3.8) is 0 Å². The van der Waals surface area contributed by atoms with Crippen LogP contribution in [0.3, 0.4) is 0 Å². The minimum absolute atomic E-state index is 0.0342. The van der Waals surface area contributed by atoms with Gasteiger partial charge in [0.25, 0.3) is 11.8 Å². The van der Waals surface area contributed by atoms with Crippen LogP contribution < -0.4 is 0 Å². The van der Waals surface area contributed by atoms with E-state index in [0.717, 1.165) is 62.1 Å². The molecule has 0 radical (unpaired) electrons. The van der Waals surface area contributed by atoms with E-state index in [4.69, 9.17) is 4.74 Å². The fourth-order valence-electron chi connectivity index (χ4n) is 5.08. The first-order valence-electron chi connectivity index (χ1n) is 10.9. The average Bonchev–Trinajstić information content (AvgIpc) is 3.49. The molecule has 3 aliphatic heterocycles. The van der Waals surface area contributed by atoms with Crippen molar-refractivity contribution in [3.05, 3.63) is 41.0 Å². The van der Waals surface area contributed by atoms with Gasteiger partial charge in [-0.3, -0.25) is 14.3 Å². The molecule has 0 atom stereocenters. The largest absolute Gasteiger partial charge is 0.370 e. The number of nitrogens with zero attached hydrogens (tertiary/aromatic N) is 5. The van der Waals surface area contributed by atoms with E-state index >= 15 is 0 Å². The third-order valence-corrected chi connectivity index (χ3v) is 7.01. The summed E-state index contributed by atoms with van der Waals surface area (Å²) in [5, 5.41) is 4.58. The Morgan fingerprint density at radius 2 is 1.73 bits per heavy atom. The van der Waals surface area contributed by atoms with Gasteiger partial charge < -0.3 is 19.1 Å². The predicted molar refractivity (Wildman–Crippen MR) is 110 cm³/mol. The molecule has 0 N–H and O–H groups in total. The van der Waals surface area contributed by atoms with Crippen LogP contribution in [0.1, 0.15) is 57.9 Å². The molecule has 2 fully saturated rings. The maximum absolute atomic E-state index is 12.9. The van der Waals surface area contributed by atoms with E-state index in [1.165, 1.54) is 0 Å². The minimum atomic E-state index is -0.278. The number of hydrogen-bond acceptors (Lipinski definition) is 4. The van der Waals surface area contributed by atoms with Crippen LogP contribution in [0.25, 0.3) is 0 Å². The topological polar surface area (TPSA) is 72.6 Å². The molecule has 5 heterocycles. The SMILES string of the molecule is Cn1cccc1C(=O)N1CCC2(CC1)Cc1c(c(C(=O)N3CCCC3)nn1C)CO2. The standard InChI is InChI=1S/C22H29N5O3/c1-24-9-5-6-17(24)20(28)27-12-7-22(8-13-27)14-18-16(15-30-22)19(23-25(18)2)21(29)26-10-3-4-11-26/h5-6,9H,3-4,7-8,10-15H2,1-2H3. The van der Waals surface area contributed by atoms with Gasteiger partial charge >= 0.3 is 0 Å². The van der Waals surface area contributed by atoms with Crippen LogP contribution in [0.5, 0.6) is 0 Å². The number of ether oxygens (including phenoxy) is 1. The molecule has 2 saturated heterocycles. The van der Waals surface area contributed by atoms with Gasteiger partial charge in [-0.25, -0.2) is 0 Å². The van der Waals surface area contributed by atoms with Crippen LogP contribution in [-0.2, 0) is 31.9 Å². The molecule has 0 unspecified atom stereocenters. The Kier molecular flexibility index (Phi) is 4.69. The average molecular weight is 412 g/mol. The molecule has 3 aliphatic rings. The fourth-order valence-corrected chi connectivity index (χ4v) is 5.08. The highest BCUT2D eigenvalue weighted by atomic mass is 16.5. The van der Waals surface area contributed by atoms with E-state index in [1.54, 1.807) is 0 Å². The molecule has 0 bridgehead atoms. The number of aromatic nitrogens is 3. The van der Waals surface area contributed by atoms with Gasteiger partial charge in [-0.15, -0.1) is 0 Å². The molecule has 0 aliphatic carbocycles. The molecule has 160 valence electrons. The first-order chi connectivity index (χ1) is 14.5. The molecule has 0 aromatic carbocycles. The molecule has 2 amide bonds. The molecule has 8 nitrogen and oxygen atoms in total. The van der Waals surface area contributed by atoms with Crippen LogP contribution >= 0.6 is 0 Å². The number of fused-ring (bicyclic) bond motifs is 1. The lowest BCUT2D eigenvalue weighted by molar-refractivity contribution is -0.0991. The highest BCUT2D eigenvalue weighted by Crippen LogP contribution is 2.37. The van der Waals surface area contributed by atoms with E-state index in [-0.39, 0.29) is 17.4 Å². The van der Waals surface area contributed by atoms with E-state index in [1.807, 2.05) is 51.5 Å². The molecule has 1 spiro atoms. The van der Waals surface area contributed by atoms with Crippen molar-refractivity contribution in [1.29, 1.82) is 0 Å². The Morgan fingerprint density at radius 1 is 1.03 bits per heavy atom. The van der Waals surface area contributed by atoms with Crippen molar-refractivity contribution < 1.29 is 14.3 Å². The van der Waals surface area contributed by atoms with Crippen molar-refractivity contribution in [2.75, 3.05) is 26.2 Å². The van der Waals surface area contributed by atoms with Crippen LogP contribution in [0.2, 0.25) is 0 Å². The maximum atomic E-state index is 12.9. The van der Waals surface area contributed by atoms with Gasteiger partial charge in [-0.1, -0.05) is 0 Å². The Morgan fingerprint density at radius 3 is 2.40 bits per heavy atom. The summed E-state index contributed by atoms with van der Waals surface area (Å²) in [5.74, 6) is 0.111. The van der Waals surface area contributed by atoms with Crippen LogP contribution in [0.4, 0.5) is 0 Å². The van der Waals surface area contributed by atoms with Crippen molar-refractivity contribution >= 4 is 11.8 Å². The number of piperidine rings is 1. The summed E-state index contributed by atoms with van der Waals surface area (Å²) in [6, 6.07) is 3.76. The van der Waals surface area contributed by atoms with Crippen molar-refractivity contribution in [2.45, 2.75) is 44.3 Å². The third kappa shape index (κ3) is 3.14. The molecule has 8 heteroatoms. The highest BCUT2D eigenvalue weighted by molar-refractivity contribution is 5.94. The van der Waals surface area contributed by atoms with E-state index in [9.17, 15) is 9.59 Å². The van der Waals surface area contributed by atoms with Gasteiger partial charge in [0.05, 0.1) is 12.2 Å². The smallest absolute Gasteiger partial charge is 0.274 e. The van der Waals surface area contributed by atoms with Crippen molar-refractivity contribution in [1.82, 2.24) is 24.1 Å². The van der Waals surface area contributed by atoms with E-state index < -0.39 is 0 Å². The second-order valence-electron chi connectivity index (χ2n) is 8.84. The van der Waals surface area contributed by atoms with Crippen LogP contribution in [-0.4, -0.2) is 67.7 Å². The lowest BCUT2D eigenvalue weighted by Gasteiger charge is -2.43. The van der Waals surface area contributed by atoms with Crippen LogP contribution in [0.15, 0.2) is 18.3 Å². The fraction of sp³-hybridized carbons (Fsp3) is 0.591. The Hall–Kier alpha value is -2.61. The van der Waals surface area contributed by atoms with Gasteiger partial charge in [-0.2, -0.15) is 5.10 Å². The first-order valence-corrected chi connectivity index (χ1v) is 10.9. The Balaban J connectivity index is 1.30. The number of rotatable bonds is 2. The molecule has 0 saturated carbocycles. The molecular formula is C22H29N5O3. The third-order valence-electron chi connectivity index (χ3n) is 7.01. The lowest BCUT2D eigenvalue weighted by Crippen LogP contribution is -2.51. The molecule has 5 rings (SSSR count). The van der Waals surface area contributed by atoms with Gasteiger partial charge in [0, 0.05) is 64.1 Å². The molecule has 30 heavy (non-hydrogen) atoms. The van der Waals surface area contributed by atoms with E-state index in [2.05, 4.69) is 5.10 Å². The number of carbonyl (C=O) groups is 2.